The van der Waals surface area contributed by atoms with Gasteiger partial charge in [-0.2, -0.15) is 18.3 Å². The number of hydrogen-bond donors (Lipinski definition) is 0. The second-order valence-corrected chi connectivity index (χ2v) is 7.22. The molecule has 0 bridgehead atoms. The molecular weight excluding hydrogens is 359 g/mol. The summed E-state index contributed by atoms with van der Waals surface area (Å²) in [5.74, 6) is 0.845. The predicted octanol–water partition coefficient (Wildman–Crippen LogP) is 2.85. The minimum Gasteiger partial charge on any atom is -0.341 e. The lowest BCUT2D eigenvalue weighted by Gasteiger charge is -2.32. The van der Waals surface area contributed by atoms with Crippen molar-refractivity contribution in [2.24, 2.45) is 5.92 Å². The van der Waals surface area contributed by atoms with E-state index in [1.54, 1.807) is 11.0 Å². The Morgan fingerprint density at radius 3 is 2.48 bits per heavy atom. The highest BCUT2D eigenvalue weighted by atomic mass is 19.4. The lowest BCUT2D eigenvalue weighted by atomic mass is 9.97. The monoisotopic (exact) mass is 379 g/mol. The van der Waals surface area contributed by atoms with Gasteiger partial charge in [0.25, 0.3) is 5.56 Å². The van der Waals surface area contributed by atoms with E-state index in [2.05, 4.69) is 15.1 Å². The molecule has 1 saturated carbocycles. The molecule has 144 valence electrons. The molecule has 2 aromatic heterocycles. The van der Waals surface area contributed by atoms with Crippen molar-refractivity contribution in [2.45, 2.75) is 44.3 Å². The van der Waals surface area contributed by atoms with Crippen LogP contribution in [0.5, 0.6) is 0 Å². The van der Waals surface area contributed by atoms with Crippen molar-refractivity contribution >= 4 is 5.95 Å². The lowest BCUT2D eigenvalue weighted by molar-refractivity contribution is -0.141. The van der Waals surface area contributed by atoms with Crippen molar-refractivity contribution in [1.82, 2.24) is 19.7 Å². The van der Waals surface area contributed by atoms with Crippen LogP contribution >= 0.6 is 0 Å². The zero-order chi connectivity index (χ0) is 19.0. The molecule has 1 saturated heterocycles. The van der Waals surface area contributed by atoms with Gasteiger partial charge in [0.1, 0.15) is 5.69 Å². The van der Waals surface area contributed by atoms with E-state index in [0.29, 0.717) is 25.6 Å². The molecule has 1 aliphatic carbocycles. The standard InChI is InChI=1S/C18H20F3N5O/c19-18(20,21)15-5-8-22-17(23-15)25-9-6-12(7-10-25)11-26-16(27)4-3-14(24-26)13-1-2-13/h3-5,8,12-13H,1-2,6-7,9-11H2. The highest BCUT2D eigenvalue weighted by molar-refractivity contribution is 5.31. The van der Waals surface area contributed by atoms with Crippen LogP contribution in [-0.2, 0) is 12.7 Å². The van der Waals surface area contributed by atoms with E-state index < -0.39 is 11.9 Å². The fraction of sp³-hybridized carbons (Fsp3) is 0.556. The molecule has 27 heavy (non-hydrogen) atoms. The van der Waals surface area contributed by atoms with E-state index in [1.807, 2.05) is 6.07 Å². The first-order valence-electron chi connectivity index (χ1n) is 9.13. The largest absolute Gasteiger partial charge is 0.433 e. The topological polar surface area (TPSA) is 63.9 Å². The molecule has 6 nitrogen and oxygen atoms in total. The van der Waals surface area contributed by atoms with Crippen molar-refractivity contribution in [2.75, 3.05) is 18.0 Å². The normalized spacial score (nSPS) is 18.7. The van der Waals surface area contributed by atoms with Crippen molar-refractivity contribution in [3.8, 4) is 0 Å². The second kappa shape index (κ2) is 6.94. The van der Waals surface area contributed by atoms with Crippen LogP contribution in [0.3, 0.4) is 0 Å². The van der Waals surface area contributed by atoms with Crippen LogP contribution in [0.25, 0.3) is 0 Å². The molecule has 4 rings (SSSR count). The molecule has 2 aliphatic rings. The number of hydrogen-bond acceptors (Lipinski definition) is 5. The van der Waals surface area contributed by atoms with Gasteiger partial charge in [0.05, 0.1) is 5.69 Å². The van der Waals surface area contributed by atoms with Crippen molar-refractivity contribution in [3.05, 3.63) is 46.1 Å². The highest BCUT2D eigenvalue weighted by Crippen LogP contribution is 2.38. The Bertz CT molecular complexity index is 870. The van der Waals surface area contributed by atoms with Crippen LogP contribution in [-0.4, -0.2) is 32.8 Å². The Labute approximate surface area is 154 Å². The first kappa shape index (κ1) is 17.9. The van der Waals surface area contributed by atoms with E-state index in [4.69, 9.17) is 0 Å². The Balaban J connectivity index is 1.40. The van der Waals surface area contributed by atoms with Gasteiger partial charge in [-0.3, -0.25) is 4.79 Å². The number of anilines is 1. The molecule has 0 atom stereocenters. The van der Waals surface area contributed by atoms with Crippen molar-refractivity contribution < 1.29 is 13.2 Å². The third kappa shape index (κ3) is 4.12. The molecule has 9 heteroatoms. The zero-order valence-electron chi connectivity index (χ0n) is 14.7. The number of piperidine rings is 1. The summed E-state index contributed by atoms with van der Waals surface area (Å²) in [5, 5.41) is 4.49. The number of aromatic nitrogens is 4. The first-order chi connectivity index (χ1) is 12.9. The average Bonchev–Trinajstić information content (AvgIpc) is 3.49. The average molecular weight is 379 g/mol. The van der Waals surface area contributed by atoms with E-state index in [9.17, 15) is 18.0 Å². The molecule has 2 fully saturated rings. The van der Waals surface area contributed by atoms with Crippen LogP contribution in [0.15, 0.2) is 29.2 Å². The second-order valence-electron chi connectivity index (χ2n) is 7.22. The maximum Gasteiger partial charge on any atom is 0.433 e. The molecular formula is C18H20F3N5O. The Kier molecular flexibility index (Phi) is 4.61. The van der Waals surface area contributed by atoms with Crippen LogP contribution in [0.4, 0.5) is 19.1 Å². The van der Waals surface area contributed by atoms with E-state index in [1.165, 1.54) is 4.68 Å². The minimum atomic E-state index is -4.48. The molecule has 0 spiro atoms. The predicted molar refractivity (Wildman–Crippen MR) is 92.4 cm³/mol. The highest BCUT2D eigenvalue weighted by Gasteiger charge is 2.33. The fourth-order valence-electron chi connectivity index (χ4n) is 3.41. The van der Waals surface area contributed by atoms with Gasteiger partial charge >= 0.3 is 6.18 Å². The van der Waals surface area contributed by atoms with Gasteiger partial charge in [-0.05, 0) is 43.7 Å². The van der Waals surface area contributed by atoms with Gasteiger partial charge in [0.15, 0.2) is 0 Å². The van der Waals surface area contributed by atoms with E-state index in [0.717, 1.165) is 43.6 Å². The Morgan fingerprint density at radius 2 is 1.81 bits per heavy atom. The molecule has 0 N–H and O–H groups in total. The van der Waals surface area contributed by atoms with Crippen LogP contribution in [0.1, 0.15) is 43.0 Å². The molecule has 1 aliphatic heterocycles. The summed E-state index contributed by atoms with van der Waals surface area (Å²) in [7, 11) is 0. The van der Waals surface area contributed by atoms with Crippen molar-refractivity contribution in [3.63, 3.8) is 0 Å². The van der Waals surface area contributed by atoms with Crippen LogP contribution in [0.2, 0.25) is 0 Å². The van der Waals surface area contributed by atoms with E-state index >= 15 is 0 Å². The Hall–Kier alpha value is -2.45. The quantitative estimate of drug-likeness (QED) is 0.817. The lowest BCUT2D eigenvalue weighted by Crippen LogP contribution is -2.38. The first-order valence-corrected chi connectivity index (χ1v) is 9.13. The Morgan fingerprint density at radius 1 is 1.07 bits per heavy atom. The molecule has 0 amide bonds. The summed E-state index contributed by atoms with van der Waals surface area (Å²) in [5.41, 5.74) is -0.0605. The summed E-state index contributed by atoms with van der Waals surface area (Å²) in [6.07, 6.45) is 0.420. The van der Waals surface area contributed by atoms with Gasteiger partial charge in [-0.25, -0.2) is 14.6 Å². The van der Waals surface area contributed by atoms with Gasteiger partial charge in [-0.15, -0.1) is 0 Å². The summed E-state index contributed by atoms with van der Waals surface area (Å²) in [6.45, 7) is 1.66. The van der Waals surface area contributed by atoms with Crippen LogP contribution in [0, 0.1) is 5.92 Å². The third-order valence-corrected chi connectivity index (χ3v) is 5.14. The number of nitrogens with zero attached hydrogens (tertiary/aromatic N) is 5. The molecule has 2 aromatic rings. The van der Waals surface area contributed by atoms with Crippen molar-refractivity contribution in [1.29, 1.82) is 0 Å². The number of rotatable bonds is 4. The molecule has 3 heterocycles. The minimum absolute atomic E-state index is 0.106. The number of halogens is 3. The maximum atomic E-state index is 12.8. The summed E-state index contributed by atoms with van der Waals surface area (Å²) in [4.78, 5) is 21.5. The summed E-state index contributed by atoms with van der Waals surface area (Å²) >= 11 is 0. The summed E-state index contributed by atoms with van der Waals surface area (Å²) < 4.78 is 40.0. The maximum absolute atomic E-state index is 12.8. The molecule has 0 unspecified atom stereocenters. The zero-order valence-corrected chi connectivity index (χ0v) is 14.7. The van der Waals surface area contributed by atoms with Gasteiger partial charge in [-0.1, -0.05) is 0 Å². The summed E-state index contributed by atoms with van der Waals surface area (Å²) in [6, 6.07) is 4.26. The van der Waals surface area contributed by atoms with Gasteiger partial charge in [0, 0.05) is 37.8 Å². The van der Waals surface area contributed by atoms with Gasteiger partial charge < -0.3 is 4.90 Å². The van der Waals surface area contributed by atoms with E-state index in [-0.39, 0.29) is 17.4 Å². The molecule has 0 aromatic carbocycles. The molecule has 0 radical (unpaired) electrons. The SMILES string of the molecule is O=c1ccc(C2CC2)nn1CC1CCN(c2nccc(C(F)(F)F)n2)CC1. The van der Waals surface area contributed by atoms with Crippen LogP contribution < -0.4 is 10.5 Å². The third-order valence-electron chi connectivity index (χ3n) is 5.14. The smallest absolute Gasteiger partial charge is 0.341 e. The fourth-order valence-corrected chi connectivity index (χ4v) is 3.41. The number of alkyl halides is 3. The van der Waals surface area contributed by atoms with Gasteiger partial charge in [0.2, 0.25) is 5.95 Å².